The van der Waals surface area contributed by atoms with Crippen molar-refractivity contribution in [2.45, 2.75) is 162 Å². The molecule has 0 spiro atoms. The van der Waals surface area contributed by atoms with E-state index in [4.69, 9.17) is 30.4 Å². The Labute approximate surface area is 342 Å². The van der Waals surface area contributed by atoms with E-state index in [0.29, 0.717) is 50.4 Å². The van der Waals surface area contributed by atoms with Crippen LogP contribution in [0.15, 0.2) is 21.6 Å². The summed E-state index contributed by atoms with van der Waals surface area (Å²) in [6.07, 6.45) is 7.18. The van der Waals surface area contributed by atoms with Gasteiger partial charge in [-0.2, -0.15) is 4.98 Å². The topological polar surface area (TPSA) is 258 Å². The first-order chi connectivity index (χ1) is 27.2. The van der Waals surface area contributed by atoms with Crippen LogP contribution in [0.4, 0.5) is 9.59 Å². The highest BCUT2D eigenvalue weighted by Crippen LogP contribution is 2.28. The van der Waals surface area contributed by atoms with Crippen LogP contribution in [0.2, 0.25) is 0 Å². The summed E-state index contributed by atoms with van der Waals surface area (Å²) in [5, 5.41) is 25.9. The van der Waals surface area contributed by atoms with E-state index in [2.05, 4.69) is 31.4 Å². The van der Waals surface area contributed by atoms with E-state index < -0.39 is 53.3 Å². The largest absolute Gasteiger partial charge is 0.508 e. The van der Waals surface area contributed by atoms with E-state index in [9.17, 15) is 24.3 Å². The fourth-order valence-electron chi connectivity index (χ4n) is 6.85. The number of benzene rings is 1. The predicted molar refractivity (Wildman–Crippen MR) is 220 cm³/mol. The van der Waals surface area contributed by atoms with Crippen LogP contribution in [0.5, 0.6) is 5.75 Å². The van der Waals surface area contributed by atoms with Crippen molar-refractivity contribution in [1.29, 1.82) is 0 Å². The molecule has 1 fully saturated rings. The van der Waals surface area contributed by atoms with Crippen LogP contribution in [-0.2, 0) is 31.9 Å². The van der Waals surface area contributed by atoms with E-state index in [1.54, 1.807) is 53.7 Å². The first-order valence-corrected chi connectivity index (χ1v) is 20.4. The number of ether oxygens (including phenoxy) is 2. The molecule has 0 radical (unpaired) electrons. The van der Waals surface area contributed by atoms with Gasteiger partial charge in [0.2, 0.25) is 17.7 Å². The SMILES string of the molecule is Cc1cc(O)cc(C)c1C[C@H](NC(=O)[C@@H](CCCN=C(N)N)NC(=O)OC(C)(C)C)C(=O)N[C@@H](CCCCNC(=O)OC(C)(C)C)c1nc(CC2CCCCC2)no1. The van der Waals surface area contributed by atoms with Crippen molar-refractivity contribution in [1.82, 2.24) is 31.4 Å². The number of alkyl carbamates (subject to hydrolysis) is 2. The van der Waals surface area contributed by atoms with Gasteiger partial charge in [0.1, 0.15) is 35.1 Å². The number of carbonyl (C=O) groups excluding carboxylic acids is 4. The number of phenolic OH excluding ortho intramolecular Hbond substituents is 1. The van der Waals surface area contributed by atoms with E-state index in [1.165, 1.54) is 19.3 Å². The lowest BCUT2D eigenvalue weighted by atomic mass is 9.87. The maximum absolute atomic E-state index is 14.5. The predicted octanol–water partition coefficient (Wildman–Crippen LogP) is 5.04. The minimum absolute atomic E-state index is 0.0615. The van der Waals surface area contributed by atoms with Gasteiger partial charge >= 0.3 is 12.2 Å². The zero-order chi connectivity index (χ0) is 43.0. The molecule has 9 N–H and O–H groups in total. The molecule has 58 heavy (non-hydrogen) atoms. The van der Waals surface area contributed by atoms with Gasteiger partial charge in [-0.25, -0.2) is 9.59 Å². The number of nitrogens with two attached hydrogens (primary N) is 2. The summed E-state index contributed by atoms with van der Waals surface area (Å²) in [7, 11) is 0. The van der Waals surface area contributed by atoms with Gasteiger partial charge in [-0.15, -0.1) is 0 Å². The van der Waals surface area contributed by atoms with Gasteiger partial charge < -0.3 is 51.8 Å². The van der Waals surface area contributed by atoms with Gasteiger partial charge in [0.25, 0.3) is 0 Å². The van der Waals surface area contributed by atoms with Crippen LogP contribution in [-0.4, -0.2) is 81.6 Å². The maximum Gasteiger partial charge on any atom is 0.408 e. The zero-order valence-corrected chi connectivity index (χ0v) is 35.7. The van der Waals surface area contributed by atoms with Gasteiger partial charge in [0.05, 0.1) is 0 Å². The number of nitrogens with one attached hydrogen (secondary N) is 4. The highest BCUT2D eigenvalue weighted by Gasteiger charge is 2.32. The van der Waals surface area contributed by atoms with Gasteiger partial charge in [0, 0.05) is 25.9 Å². The summed E-state index contributed by atoms with van der Waals surface area (Å²) in [6, 6.07) is 0.216. The second kappa shape index (κ2) is 22.2. The Morgan fingerprint density at radius 2 is 1.48 bits per heavy atom. The Bertz CT molecular complexity index is 1670. The molecule has 0 saturated heterocycles. The fraction of sp³-hybridized carbons (Fsp3) is 0.683. The highest BCUT2D eigenvalue weighted by molar-refractivity contribution is 5.91. The number of aromatic nitrogens is 2. The van der Waals surface area contributed by atoms with E-state index in [0.717, 1.165) is 29.5 Å². The Morgan fingerprint density at radius 1 is 0.862 bits per heavy atom. The van der Waals surface area contributed by atoms with E-state index in [-0.39, 0.29) is 37.0 Å². The Hall–Kier alpha value is -5.09. The number of aryl methyl sites for hydroxylation is 2. The molecule has 4 amide bonds. The normalized spacial score (nSPS) is 15.0. The summed E-state index contributed by atoms with van der Waals surface area (Å²) >= 11 is 0. The van der Waals surface area contributed by atoms with Gasteiger partial charge in [-0.1, -0.05) is 37.3 Å². The van der Waals surface area contributed by atoms with Crippen molar-refractivity contribution in [3.63, 3.8) is 0 Å². The van der Waals surface area contributed by atoms with Gasteiger partial charge in [0.15, 0.2) is 11.8 Å². The number of nitrogens with zero attached hydrogens (tertiary/aromatic N) is 3. The third-order valence-corrected chi connectivity index (χ3v) is 9.56. The summed E-state index contributed by atoms with van der Waals surface area (Å²) in [4.78, 5) is 62.3. The molecule has 0 bridgehead atoms. The van der Waals surface area contributed by atoms with Gasteiger partial charge in [-0.05, 0) is 122 Å². The minimum atomic E-state index is -1.14. The number of phenols is 1. The van der Waals surface area contributed by atoms with Crippen molar-refractivity contribution in [2.75, 3.05) is 13.1 Å². The van der Waals surface area contributed by atoms with Crippen molar-refractivity contribution < 1.29 is 38.3 Å². The molecule has 0 unspecified atom stereocenters. The molecule has 324 valence electrons. The number of hydrogen-bond acceptors (Lipinski definition) is 11. The zero-order valence-electron chi connectivity index (χ0n) is 35.7. The number of guanidine groups is 1. The van der Waals surface area contributed by atoms with Crippen LogP contribution in [0, 0.1) is 19.8 Å². The van der Waals surface area contributed by atoms with Crippen LogP contribution >= 0.6 is 0 Å². The molecule has 3 rings (SSSR count). The smallest absolute Gasteiger partial charge is 0.408 e. The molecular formula is C41H67N9O8. The summed E-state index contributed by atoms with van der Waals surface area (Å²) in [6.45, 7) is 14.7. The Balaban J connectivity index is 1.90. The lowest BCUT2D eigenvalue weighted by Gasteiger charge is -2.27. The second-order valence-electron chi connectivity index (χ2n) is 17.2. The molecule has 1 heterocycles. The summed E-state index contributed by atoms with van der Waals surface area (Å²) in [5.74, 6) is 0.101. The average molecular weight is 814 g/mol. The lowest BCUT2D eigenvalue weighted by Crippen LogP contribution is -2.55. The van der Waals surface area contributed by atoms with Gasteiger partial charge in [-0.3, -0.25) is 14.6 Å². The molecule has 17 nitrogen and oxygen atoms in total. The number of amides is 4. The molecule has 3 atom stereocenters. The van der Waals surface area contributed by atoms with Crippen LogP contribution in [0.3, 0.4) is 0 Å². The van der Waals surface area contributed by atoms with E-state index >= 15 is 0 Å². The molecule has 1 aromatic carbocycles. The monoisotopic (exact) mass is 814 g/mol. The van der Waals surface area contributed by atoms with E-state index in [1.807, 2.05) is 13.8 Å². The number of rotatable bonds is 19. The number of aliphatic imine (C=N–C) groups is 1. The molecule has 1 aromatic heterocycles. The third kappa shape index (κ3) is 17.6. The number of hydrogen-bond donors (Lipinski definition) is 7. The van der Waals surface area contributed by atoms with Crippen LogP contribution < -0.4 is 32.7 Å². The minimum Gasteiger partial charge on any atom is -0.508 e. The molecule has 1 aliphatic rings. The summed E-state index contributed by atoms with van der Waals surface area (Å²) in [5.41, 5.74) is 11.7. The summed E-state index contributed by atoms with van der Waals surface area (Å²) < 4.78 is 16.6. The van der Waals surface area contributed by atoms with Crippen LogP contribution in [0.25, 0.3) is 0 Å². The van der Waals surface area contributed by atoms with Crippen molar-refractivity contribution in [3.05, 3.63) is 40.5 Å². The molecule has 1 aliphatic carbocycles. The van der Waals surface area contributed by atoms with Crippen molar-refractivity contribution in [3.8, 4) is 5.75 Å². The van der Waals surface area contributed by atoms with Crippen molar-refractivity contribution >= 4 is 30.0 Å². The molecule has 1 saturated carbocycles. The lowest BCUT2D eigenvalue weighted by molar-refractivity contribution is -0.130. The fourth-order valence-corrected chi connectivity index (χ4v) is 6.85. The highest BCUT2D eigenvalue weighted by atomic mass is 16.6. The second-order valence-corrected chi connectivity index (χ2v) is 17.2. The Morgan fingerprint density at radius 3 is 2.10 bits per heavy atom. The average Bonchev–Trinajstić information content (AvgIpc) is 3.56. The molecular weight excluding hydrogens is 747 g/mol. The van der Waals surface area contributed by atoms with Crippen molar-refractivity contribution in [2.24, 2.45) is 22.4 Å². The van der Waals surface area contributed by atoms with Crippen LogP contribution in [0.1, 0.15) is 140 Å². The number of aromatic hydroxyl groups is 1. The first kappa shape index (κ1) is 47.3. The first-order valence-electron chi connectivity index (χ1n) is 20.4. The standard InChI is InChI=1S/C41H67N9O8/c1-25-21-28(51)22-26(2)29(25)24-32(47-34(52)30(18-14-20-44-37(42)43)48-39(55)57-41(6,7)8)35(53)46-31(17-12-13-19-45-38(54)56-40(3,4)5)36-49-33(50-58-36)23-27-15-10-9-11-16-27/h21-22,27,30-32,51H,9-20,23-24H2,1-8H3,(H,45,54)(H,46,53)(H,47,52)(H,48,55)(H4,42,43,44)/t30-,31+,32+/m1/s1. The molecule has 17 heteroatoms. The quantitative estimate of drug-likeness (QED) is 0.0559. The molecule has 2 aromatic rings. The molecule has 0 aliphatic heterocycles. The number of unbranched alkanes of at least 4 members (excludes halogenated alkanes) is 1. The Kier molecular flexibility index (Phi) is 18.1. The maximum atomic E-state index is 14.5. The number of carbonyl (C=O) groups is 4. The third-order valence-electron chi connectivity index (χ3n) is 9.56.